The van der Waals surface area contributed by atoms with Crippen LogP contribution in [0.4, 0.5) is 0 Å². The zero-order valence-corrected chi connectivity index (χ0v) is 13.2. The number of thiazole rings is 1. The molecule has 1 fully saturated rings. The molecule has 0 unspecified atom stereocenters. The van der Waals surface area contributed by atoms with Crippen molar-refractivity contribution in [1.29, 1.82) is 0 Å². The highest BCUT2D eigenvalue weighted by molar-refractivity contribution is 7.20. The van der Waals surface area contributed by atoms with Crippen LogP contribution in [0, 0.1) is 0 Å². The minimum Gasteiger partial charge on any atom is -0.494 e. The first kappa shape index (κ1) is 14.3. The van der Waals surface area contributed by atoms with Crippen molar-refractivity contribution in [3.63, 3.8) is 0 Å². The summed E-state index contributed by atoms with van der Waals surface area (Å²) >= 11 is 1.45. The second kappa shape index (κ2) is 5.99. The molecule has 1 saturated heterocycles. The van der Waals surface area contributed by atoms with Gasteiger partial charge in [-0.1, -0.05) is 0 Å². The van der Waals surface area contributed by atoms with Gasteiger partial charge >= 0.3 is 0 Å². The maximum atomic E-state index is 12.5. The third kappa shape index (κ3) is 3.01. The molecule has 2 heterocycles. The summed E-state index contributed by atoms with van der Waals surface area (Å²) in [5.41, 5.74) is 0.867. The van der Waals surface area contributed by atoms with Crippen molar-refractivity contribution in [1.82, 2.24) is 9.88 Å². The Morgan fingerprint density at radius 3 is 2.90 bits per heavy atom. The molecule has 1 aromatic carbocycles. The summed E-state index contributed by atoms with van der Waals surface area (Å²) in [6.07, 6.45) is 0. The van der Waals surface area contributed by atoms with Gasteiger partial charge in [0.1, 0.15) is 5.75 Å². The van der Waals surface area contributed by atoms with Crippen LogP contribution in [-0.4, -0.2) is 55.6 Å². The molecule has 2 aromatic rings. The number of hydrogen-bond donors (Lipinski definition) is 1. The summed E-state index contributed by atoms with van der Waals surface area (Å²) in [6.45, 7) is 6.23. The van der Waals surface area contributed by atoms with Gasteiger partial charge in [0.2, 0.25) is 0 Å². The highest BCUT2D eigenvalue weighted by Crippen LogP contribution is 2.27. The molecule has 3 rings (SSSR count). The Morgan fingerprint density at radius 1 is 1.43 bits per heavy atom. The average Bonchev–Trinajstić information content (AvgIpc) is 2.91. The first-order valence-electron chi connectivity index (χ1n) is 7.31. The van der Waals surface area contributed by atoms with Crippen LogP contribution in [-0.2, 0) is 0 Å². The maximum Gasteiger partial charge on any atom is 0.283 e. The van der Waals surface area contributed by atoms with E-state index in [2.05, 4.69) is 12.0 Å². The quantitative estimate of drug-likeness (QED) is 0.906. The van der Waals surface area contributed by atoms with E-state index in [1.165, 1.54) is 16.2 Å². The number of aromatic nitrogens is 1. The van der Waals surface area contributed by atoms with Crippen LogP contribution in [0.2, 0.25) is 0 Å². The Hall–Kier alpha value is -1.66. The molecule has 6 heteroatoms. The molecule has 0 aliphatic carbocycles. The number of hydrogen-bond acceptors (Lipinski definition) is 4. The zero-order chi connectivity index (χ0) is 14.8. The van der Waals surface area contributed by atoms with Crippen molar-refractivity contribution in [2.45, 2.75) is 6.92 Å². The first-order chi connectivity index (χ1) is 10.2. The van der Waals surface area contributed by atoms with Gasteiger partial charge in [-0.2, -0.15) is 0 Å². The van der Waals surface area contributed by atoms with E-state index in [4.69, 9.17) is 4.74 Å². The number of quaternary nitrogens is 1. The van der Waals surface area contributed by atoms with Crippen molar-refractivity contribution in [3.8, 4) is 5.75 Å². The molecule has 1 aliphatic rings. The largest absolute Gasteiger partial charge is 0.494 e. The monoisotopic (exact) mass is 306 g/mol. The molecule has 0 saturated carbocycles. The summed E-state index contributed by atoms with van der Waals surface area (Å²) in [6, 6.07) is 5.78. The van der Waals surface area contributed by atoms with Gasteiger partial charge in [-0.25, -0.2) is 4.98 Å². The minimum absolute atomic E-state index is 0.0571. The SMILES string of the molecule is CCOc1ccc2nc(C(=O)N3CC[NH+](C)CC3)sc2c1. The molecule has 0 spiro atoms. The topological polar surface area (TPSA) is 46.9 Å². The van der Waals surface area contributed by atoms with Gasteiger partial charge < -0.3 is 14.5 Å². The van der Waals surface area contributed by atoms with E-state index in [-0.39, 0.29) is 5.91 Å². The fourth-order valence-electron chi connectivity index (χ4n) is 2.48. The third-order valence-electron chi connectivity index (χ3n) is 3.76. The average molecular weight is 306 g/mol. The second-order valence-electron chi connectivity index (χ2n) is 5.33. The predicted octanol–water partition coefficient (Wildman–Crippen LogP) is 0.665. The lowest BCUT2D eigenvalue weighted by Gasteiger charge is -2.29. The van der Waals surface area contributed by atoms with Gasteiger partial charge in [0.25, 0.3) is 5.91 Å². The van der Waals surface area contributed by atoms with Crippen LogP contribution < -0.4 is 9.64 Å². The second-order valence-corrected chi connectivity index (χ2v) is 6.36. The van der Waals surface area contributed by atoms with Crippen molar-refractivity contribution in [2.75, 3.05) is 39.8 Å². The summed E-state index contributed by atoms with van der Waals surface area (Å²) < 4.78 is 6.50. The van der Waals surface area contributed by atoms with Crippen molar-refractivity contribution >= 4 is 27.5 Å². The van der Waals surface area contributed by atoms with Gasteiger partial charge in [0.05, 0.1) is 50.1 Å². The lowest BCUT2D eigenvalue weighted by atomic mass is 10.3. The van der Waals surface area contributed by atoms with E-state index >= 15 is 0 Å². The number of benzene rings is 1. The number of nitrogens with one attached hydrogen (secondary N) is 1. The molecule has 5 nitrogen and oxygen atoms in total. The number of rotatable bonds is 3. The smallest absolute Gasteiger partial charge is 0.283 e. The van der Waals surface area contributed by atoms with Gasteiger partial charge in [-0.15, -0.1) is 11.3 Å². The Balaban J connectivity index is 1.81. The number of carbonyl (C=O) groups is 1. The molecular weight excluding hydrogens is 286 g/mol. The van der Waals surface area contributed by atoms with Crippen molar-refractivity contribution < 1.29 is 14.4 Å². The maximum absolute atomic E-state index is 12.5. The van der Waals surface area contributed by atoms with Gasteiger partial charge in [-0.3, -0.25) is 4.79 Å². The number of likely N-dealkylation sites (N-methyl/N-ethyl adjacent to an activating group) is 1. The van der Waals surface area contributed by atoms with Gasteiger partial charge in [-0.05, 0) is 25.1 Å². The number of fused-ring (bicyclic) bond motifs is 1. The van der Waals surface area contributed by atoms with E-state index in [1.54, 1.807) is 0 Å². The van der Waals surface area contributed by atoms with E-state index in [1.807, 2.05) is 30.0 Å². The predicted molar refractivity (Wildman–Crippen MR) is 83.3 cm³/mol. The molecule has 1 aliphatic heterocycles. The van der Waals surface area contributed by atoms with Crippen LogP contribution in [0.1, 0.15) is 16.7 Å². The van der Waals surface area contributed by atoms with Crippen LogP contribution in [0.5, 0.6) is 5.75 Å². The molecule has 1 amide bonds. The highest BCUT2D eigenvalue weighted by Gasteiger charge is 2.24. The Labute approximate surface area is 128 Å². The van der Waals surface area contributed by atoms with Crippen molar-refractivity contribution in [2.24, 2.45) is 0 Å². The Kier molecular flexibility index (Phi) is 4.07. The number of amides is 1. The Bertz CT molecular complexity index is 647. The fourth-order valence-corrected chi connectivity index (χ4v) is 3.44. The molecule has 21 heavy (non-hydrogen) atoms. The highest BCUT2D eigenvalue weighted by atomic mass is 32.1. The molecular formula is C15H20N3O2S+. The van der Waals surface area contributed by atoms with Gasteiger partial charge in [0.15, 0.2) is 5.01 Å². The number of piperazine rings is 1. The summed E-state index contributed by atoms with van der Waals surface area (Å²) in [7, 11) is 2.16. The number of ether oxygens (including phenoxy) is 1. The lowest BCUT2D eigenvalue weighted by molar-refractivity contribution is -0.883. The fraction of sp³-hybridized carbons (Fsp3) is 0.467. The summed E-state index contributed by atoms with van der Waals surface area (Å²) in [5.74, 6) is 0.887. The normalized spacial score (nSPS) is 16.4. The van der Waals surface area contributed by atoms with Crippen LogP contribution >= 0.6 is 11.3 Å². The number of carbonyl (C=O) groups excluding carboxylic acids is 1. The van der Waals surface area contributed by atoms with Crippen LogP contribution in [0.25, 0.3) is 10.2 Å². The molecule has 0 bridgehead atoms. The molecule has 1 N–H and O–H groups in total. The standard InChI is InChI=1S/C15H19N3O2S/c1-3-20-11-4-5-12-13(10-11)21-14(16-12)15(19)18-8-6-17(2)7-9-18/h4-5,10H,3,6-9H2,1-2H3/p+1. The van der Waals surface area contributed by atoms with Crippen LogP contribution in [0.3, 0.4) is 0 Å². The third-order valence-corrected chi connectivity index (χ3v) is 4.76. The Morgan fingerprint density at radius 2 is 2.19 bits per heavy atom. The minimum atomic E-state index is 0.0571. The zero-order valence-electron chi connectivity index (χ0n) is 12.4. The number of nitrogens with zero attached hydrogens (tertiary/aromatic N) is 2. The van der Waals surface area contributed by atoms with E-state index in [0.29, 0.717) is 11.6 Å². The van der Waals surface area contributed by atoms with Crippen molar-refractivity contribution in [3.05, 3.63) is 23.2 Å². The summed E-state index contributed by atoms with van der Waals surface area (Å²) in [4.78, 5) is 20.4. The first-order valence-corrected chi connectivity index (χ1v) is 8.13. The van der Waals surface area contributed by atoms with Gasteiger partial charge in [0, 0.05) is 0 Å². The molecule has 112 valence electrons. The van der Waals surface area contributed by atoms with E-state index in [0.717, 1.165) is 42.1 Å². The summed E-state index contributed by atoms with van der Waals surface area (Å²) in [5, 5.41) is 0.582. The molecule has 0 atom stereocenters. The molecule has 1 aromatic heterocycles. The van der Waals surface area contributed by atoms with Crippen LogP contribution in [0.15, 0.2) is 18.2 Å². The molecule has 0 radical (unpaired) electrons. The van der Waals surface area contributed by atoms with E-state index < -0.39 is 0 Å². The van der Waals surface area contributed by atoms with E-state index in [9.17, 15) is 4.79 Å². The lowest BCUT2D eigenvalue weighted by Crippen LogP contribution is -3.12.